The first kappa shape index (κ1) is 22.2. The molecule has 0 fully saturated rings. The van der Waals surface area contributed by atoms with Gasteiger partial charge in [0, 0.05) is 0 Å². The Hall–Kier alpha value is -3.47. The zero-order valence-corrected chi connectivity index (χ0v) is 18.3. The molecule has 0 bridgehead atoms. The van der Waals surface area contributed by atoms with Crippen LogP contribution >= 0.6 is 0 Å². The van der Waals surface area contributed by atoms with Crippen LogP contribution in [0.5, 0.6) is 17.2 Å². The van der Waals surface area contributed by atoms with Gasteiger partial charge in [-0.05, 0) is 54.3 Å². The second kappa shape index (κ2) is 11.1. The molecule has 1 amide bonds. The Kier molecular flexibility index (Phi) is 7.93. The third-order valence-corrected chi connectivity index (χ3v) is 4.66. The van der Waals surface area contributed by atoms with Crippen LogP contribution in [0.2, 0.25) is 0 Å². The zero-order chi connectivity index (χ0) is 22.1. The number of hydrogen-bond donors (Lipinski definition) is 1. The first-order chi connectivity index (χ1) is 15.0. The van der Waals surface area contributed by atoms with Gasteiger partial charge >= 0.3 is 0 Å². The number of benzene rings is 3. The van der Waals surface area contributed by atoms with Gasteiger partial charge in [0.25, 0.3) is 5.91 Å². The van der Waals surface area contributed by atoms with Crippen LogP contribution in [-0.4, -0.2) is 25.7 Å². The van der Waals surface area contributed by atoms with Crippen molar-refractivity contribution in [2.45, 2.75) is 26.7 Å². The molecular formula is C26H29NO4. The first-order valence-electron chi connectivity index (χ1n) is 10.5. The molecule has 1 N–H and O–H groups in total. The topological polar surface area (TPSA) is 56.8 Å². The molecule has 0 spiro atoms. The van der Waals surface area contributed by atoms with Gasteiger partial charge in [0.15, 0.2) is 6.61 Å². The second-order valence-electron chi connectivity index (χ2n) is 7.54. The monoisotopic (exact) mass is 419 g/mol. The van der Waals surface area contributed by atoms with Crippen LogP contribution in [-0.2, 0) is 4.79 Å². The minimum atomic E-state index is -0.243. The van der Waals surface area contributed by atoms with E-state index >= 15 is 0 Å². The van der Waals surface area contributed by atoms with E-state index in [4.69, 9.17) is 14.2 Å². The van der Waals surface area contributed by atoms with E-state index in [9.17, 15) is 4.79 Å². The molecule has 5 heteroatoms. The fourth-order valence-corrected chi connectivity index (χ4v) is 3.10. The Morgan fingerprint density at radius 3 is 2.32 bits per heavy atom. The lowest BCUT2D eigenvalue weighted by atomic mass is 10.0. The van der Waals surface area contributed by atoms with Crippen molar-refractivity contribution >= 4 is 11.6 Å². The van der Waals surface area contributed by atoms with E-state index in [0.717, 1.165) is 22.6 Å². The molecular weight excluding hydrogens is 390 g/mol. The summed E-state index contributed by atoms with van der Waals surface area (Å²) in [6, 6.07) is 23.0. The maximum absolute atomic E-state index is 12.5. The van der Waals surface area contributed by atoms with E-state index in [1.165, 1.54) is 0 Å². The van der Waals surface area contributed by atoms with Gasteiger partial charge in [-0.3, -0.25) is 4.79 Å². The average molecular weight is 420 g/mol. The number of anilines is 1. The highest BCUT2D eigenvalue weighted by Crippen LogP contribution is 2.28. The van der Waals surface area contributed by atoms with Crippen molar-refractivity contribution in [3.8, 4) is 17.2 Å². The van der Waals surface area contributed by atoms with Gasteiger partial charge in [0.05, 0.1) is 5.69 Å². The SMILES string of the molecule is Cc1ccc(C(C)C)c(OCC(=O)Nc2ccccc2OCCOc2ccccc2)c1. The molecule has 0 aliphatic rings. The molecule has 0 unspecified atom stereocenters. The van der Waals surface area contributed by atoms with E-state index in [1.54, 1.807) is 6.07 Å². The van der Waals surface area contributed by atoms with Gasteiger partial charge in [-0.1, -0.05) is 56.3 Å². The molecule has 3 rings (SSSR count). The Bertz CT molecular complexity index is 986. The van der Waals surface area contributed by atoms with Crippen molar-refractivity contribution in [2.24, 2.45) is 0 Å². The highest BCUT2D eigenvalue weighted by atomic mass is 16.5. The first-order valence-corrected chi connectivity index (χ1v) is 10.5. The van der Waals surface area contributed by atoms with Gasteiger partial charge in [-0.2, -0.15) is 0 Å². The number of rotatable bonds is 10. The lowest BCUT2D eigenvalue weighted by molar-refractivity contribution is -0.118. The molecule has 162 valence electrons. The summed E-state index contributed by atoms with van der Waals surface area (Å²) in [7, 11) is 0. The summed E-state index contributed by atoms with van der Waals surface area (Å²) < 4.78 is 17.3. The minimum absolute atomic E-state index is 0.0748. The van der Waals surface area contributed by atoms with Crippen LogP contribution in [0.4, 0.5) is 5.69 Å². The Morgan fingerprint density at radius 1 is 0.839 bits per heavy atom. The second-order valence-corrected chi connectivity index (χ2v) is 7.54. The number of ether oxygens (including phenoxy) is 3. The molecule has 0 aromatic heterocycles. The Morgan fingerprint density at radius 2 is 1.55 bits per heavy atom. The smallest absolute Gasteiger partial charge is 0.262 e. The van der Waals surface area contributed by atoms with Crippen LogP contribution in [0.1, 0.15) is 30.9 Å². The van der Waals surface area contributed by atoms with Crippen molar-refractivity contribution < 1.29 is 19.0 Å². The van der Waals surface area contributed by atoms with Crippen molar-refractivity contribution in [3.05, 3.63) is 83.9 Å². The number of aryl methyl sites for hydroxylation is 1. The standard InChI is InChI=1S/C26H29NO4/c1-19(2)22-14-13-20(3)17-25(22)31-18-26(28)27-23-11-7-8-12-24(23)30-16-15-29-21-9-5-4-6-10-21/h4-14,17,19H,15-16,18H2,1-3H3,(H,27,28). The summed E-state index contributed by atoms with van der Waals surface area (Å²) in [5.41, 5.74) is 2.78. The fourth-order valence-electron chi connectivity index (χ4n) is 3.10. The molecule has 31 heavy (non-hydrogen) atoms. The van der Waals surface area contributed by atoms with Crippen LogP contribution < -0.4 is 19.5 Å². The lowest BCUT2D eigenvalue weighted by Gasteiger charge is -2.16. The number of para-hydroxylation sites is 3. The van der Waals surface area contributed by atoms with E-state index < -0.39 is 0 Å². The summed E-state index contributed by atoms with van der Waals surface area (Å²) in [5.74, 6) is 2.19. The number of carbonyl (C=O) groups excluding carboxylic acids is 1. The summed E-state index contributed by atoms with van der Waals surface area (Å²) in [6.45, 7) is 6.90. The summed E-state index contributed by atoms with van der Waals surface area (Å²) >= 11 is 0. The third kappa shape index (κ3) is 6.78. The van der Waals surface area contributed by atoms with Gasteiger partial charge in [0.2, 0.25) is 0 Å². The highest BCUT2D eigenvalue weighted by molar-refractivity contribution is 5.93. The molecule has 0 aliphatic heterocycles. The van der Waals surface area contributed by atoms with Crippen molar-refractivity contribution in [1.82, 2.24) is 0 Å². The van der Waals surface area contributed by atoms with Crippen LogP contribution in [0.25, 0.3) is 0 Å². The fraction of sp³-hybridized carbons (Fsp3) is 0.269. The summed E-state index contributed by atoms with van der Waals surface area (Å²) in [6.07, 6.45) is 0. The highest BCUT2D eigenvalue weighted by Gasteiger charge is 2.12. The van der Waals surface area contributed by atoms with Gasteiger partial charge in [0.1, 0.15) is 30.5 Å². The maximum atomic E-state index is 12.5. The van der Waals surface area contributed by atoms with Crippen molar-refractivity contribution in [2.75, 3.05) is 25.1 Å². The van der Waals surface area contributed by atoms with Gasteiger partial charge in [-0.15, -0.1) is 0 Å². The van der Waals surface area contributed by atoms with Crippen LogP contribution in [0.3, 0.4) is 0 Å². The van der Waals surface area contributed by atoms with E-state index in [0.29, 0.717) is 30.6 Å². The molecule has 0 saturated carbocycles. The Balaban J connectivity index is 1.53. The zero-order valence-electron chi connectivity index (χ0n) is 18.3. The number of hydrogen-bond acceptors (Lipinski definition) is 4. The lowest BCUT2D eigenvalue weighted by Crippen LogP contribution is -2.21. The summed E-state index contributed by atoms with van der Waals surface area (Å²) in [4.78, 5) is 12.5. The van der Waals surface area contributed by atoms with Crippen molar-refractivity contribution in [3.63, 3.8) is 0 Å². The number of amides is 1. The molecule has 0 atom stereocenters. The number of nitrogens with one attached hydrogen (secondary N) is 1. The third-order valence-electron chi connectivity index (χ3n) is 4.66. The average Bonchev–Trinajstić information content (AvgIpc) is 2.77. The predicted octanol–water partition coefficient (Wildman–Crippen LogP) is 5.59. The van der Waals surface area contributed by atoms with E-state index in [2.05, 4.69) is 25.2 Å². The maximum Gasteiger partial charge on any atom is 0.262 e. The molecule has 0 saturated heterocycles. The summed E-state index contributed by atoms with van der Waals surface area (Å²) in [5, 5.41) is 2.87. The van der Waals surface area contributed by atoms with E-state index in [-0.39, 0.29) is 12.5 Å². The molecule has 5 nitrogen and oxygen atoms in total. The van der Waals surface area contributed by atoms with E-state index in [1.807, 2.05) is 67.6 Å². The molecule has 0 radical (unpaired) electrons. The predicted molar refractivity (Wildman–Crippen MR) is 123 cm³/mol. The molecule has 3 aromatic rings. The Labute approximate surface area is 184 Å². The number of carbonyl (C=O) groups is 1. The van der Waals surface area contributed by atoms with Gasteiger partial charge < -0.3 is 19.5 Å². The molecule has 3 aromatic carbocycles. The quantitative estimate of drug-likeness (QED) is 0.435. The molecule has 0 heterocycles. The normalized spacial score (nSPS) is 10.6. The van der Waals surface area contributed by atoms with Gasteiger partial charge in [-0.25, -0.2) is 0 Å². The van der Waals surface area contributed by atoms with Crippen molar-refractivity contribution in [1.29, 1.82) is 0 Å². The van der Waals surface area contributed by atoms with Crippen LogP contribution in [0.15, 0.2) is 72.8 Å². The minimum Gasteiger partial charge on any atom is -0.490 e. The largest absolute Gasteiger partial charge is 0.490 e. The van der Waals surface area contributed by atoms with Crippen LogP contribution in [0, 0.1) is 6.92 Å². The molecule has 0 aliphatic carbocycles.